The Morgan fingerprint density at radius 2 is 0.780 bits per heavy atom. The van der Waals surface area contributed by atoms with Gasteiger partial charge in [0.25, 0.3) is 0 Å². The highest BCUT2D eigenvalue weighted by Crippen LogP contribution is 2.73. The van der Waals surface area contributed by atoms with Gasteiger partial charge in [-0.3, -0.25) is 0 Å². The molecule has 2 heterocycles. The Balaban J connectivity index is 0.904. The van der Waals surface area contributed by atoms with Crippen molar-refractivity contribution in [2.24, 2.45) is 23.7 Å². The normalized spacial score (nSPS) is 20.0. The van der Waals surface area contributed by atoms with E-state index in [1.165, 1.54) is 160 Å². The molecule has 0 unspecified atom stereocenters. The second-order valence-corrected chi connectivity index (χ2v) is 30.2. The van der Waals surface area contributed by atoms with E-state index in [1.807, 2.05) is 0 Å². The van der Waals surface area contributed by atoms with Crippen molar-refractivity contribution in [2.45, 2.75) is 109 Å². The van der Waals surface area contributed by atoms with E-state index >= 15 is 0 Å². The highest BCUT2D eigenvalue weighted by molar-refractivity contribution is 6.13. The summed E-state index contributed by atoms with van der Waals surface area (Å²) < 4.78 is 4.90. The fourth-order valence-electron chi connectivity index (χ4n) is 18.9. The van der Waals surface area contributed by atoms with Crippen LogP contribution in [0.25, 0.3) is 77.2 Å². The number of anilines is 6. The van der Waals surface area contributed by atoms with Crippen LogP contribution in [0.4, 0.5) is 34.1 Å². The lowest BCUT2D eigenvalue weighted by Gasteiger charge is -2.61. The van der Waals surface area contributed by atoms with Crippen molar-refractivity contribution >= 4 is 77.7 Å². The van der Waals surface area contributed by atoms with Crippen LogP contribution in [-0.2, 0) is 21.7 Å². The number of rotatable bonds is 8. The summed E-state index contributed by atoms with van der Waals surface area (Å²) in [5.74, 6) is 2.61. The van der Waals surface area contributed by atoms with Gasteiger partial charge in [0.1, 0.15) is 0 Å². The second-order valence-electron chi connectivity index (χ2n) is 30.2. The van der Waals surface area contributed by atoms with E-state index in [-0.39, 0.29) is 21.7 Å². The molecule has 446 valence electrons. The van der Waals surface area contributed by atoms with Gasteiger partial charge in [0.15, 0.2) is 0 Å². The maximum Gasteiger partial charge on any atom is 0.0542 e. The molecular formula is C87H78N4. The number of aromatic nitrogens is 2. The average molecular weight is 1180 g/mol. The minimum absolute atomic E-state index is 0.00252. The molecule has 19 rings (SSSR count). The summed E-state index contributed by atoms with van der Waals surface area (Å²) in [6, 6.07) is 93.6. The van der Waals surface area contributed by atoms with Crippen LogP contribution in [-0.4, -0.2) is 9.13 Å². The van der Waals surface area contributed by atoms with E-state index in [0.717, 1.165) is 17.5 Å². The zero-order valence-corrected chi connectivity index (χ0v) is 53.7. The fourth-order valence-corrected chi connectivity index (χ4v) is 18.9. The second kappa shape index (κ2) is 19.6. The van der Waals surface area contributed by atoms with Crippen molar-refractivity contribution in [3.63, 3.8) is 0 Å². The Morgan fingerprint density at radius 1 is 0.352 bits per heavy atom. The van der Waals surface area contributed by atoms with Crippen molar-refractivity contribution in [2.75, 3.05) is 9.80 Å². The Kier molecular flexibility index (Phi) is 11.7. The number of fused-ring (bicyclic) bond motifs is 13. The summed E-state index contributed by atoms with van der Waals surface area (Å²) in [4.78, 5) is 5.29. The highest BCUT2D eigenvalue weighted by Gasteiger charge is 2.63. The molecule has 4 saturated carbocycles. The maximum absolute atomic E-state index is 2.80. The molecule has 0 saturated heterocycles. The van der Waals surface area contributed by atoms with Crippen LogP contribution >= 0.6 is 0 Å². The van der Waals surface area contributed by atoms with Gasteiger partial charge in [-0.05, 0) is 238 Å². The van der Waals surface area contributed by atoms with Crippen molar-refractivity contribution < 1.29 is 0 Å². The number of hydrogen-bond donors (Lipinski definition) is 0. The lowest BCUT2D eigenvalue weighted by molar-refractivity contribution is -0.0399. The van der Waals surface area contributed by atoms with Crippen molar-refractivity contribution in [3.05, 3.63) is 276 Å². The van der Waals surface area contributed by atoms with Crippen molar-refractivity contribution in [1.29, 1.82) is 0 Å². The summed E-state index contributed by atoms with van der Waals surface area (Å²) in [7, 11) is 0. The molecule has 0 atom stereocenters. The summed E-state index contributed by atoms with van der Waals surface area (Å²) >= 11 is 0. The highest BCUT2D eigenvalue weighted by atomic mass is 15.2. The van der Waals surface area contributed by atoms with Crippen LogP contribution in [0.3, 0.4) is 0 Å². The van der Waals surface area contributed by atoms with E-state index in [1.54, 1.807) is 11.1 Å². The molecule has 4 bridgehead atoms. The maximum atomic E-state index is 2.80. The van der Waals surface area contributed by atoms with E-state index in [4.69, 9.17) is 0 Å². The van der Waals surface area contributed by atoms with Gasteiger partial charge in [0.05, 0.1) is 27.8 Å². The molecule has 13 aromatic rings. The van der Waals surface area contributed by atoms with Gasteiger partial charge < -0.3 is 18.9 Å². The minimum atomic E-state index is -0.328. The smallest absolute Gasteiger partial charge is 0.0542 e. The summed E-state index contributed by atoms with van der Waals surface area (Å²) in [6.07, 6.45) is 6.52. The molecule has 0 aliphatic heterocycles. The van der Waals surface area contributed by atoms with Crippen LogP contribution in [0, 0.1) is 23.7 Å². The summed E-state index contributed by atoms with van der Waals surface area (Å²) in [5.41, 5.74) is 28.2. The van der Waals surface area contributed by atoms with Crippen molar-refractivity contribution in [3.8, 4) is 33.6 Å². The van der Waals surface area contributed by atoms with Gasteiger partial charge in [-0.2, -0.15) is 0 Å². The molecule has 1 spiro atoms. The first kappa shape index (κ1) is 54.5. The summed E-state index contributed by atoms with van der Waals surface area (Å²) in [6.45, 7) is 19.0. The number of nitrogens with zero attached hydrogens (tertiary/aromatic N) is 4. The molecular weight excluding hydrogens is 1100 g/mol. The predicted molar refractivity (Wildman–Crippen MR) is 383 cm³/mol. The first-order chi connectivity index (χ1) is 44.1. The SMILES string of the molecule is CC(C)(C)c1ccc(N(c2ccc3c(c2)C2(c4cc(N(c5ccc(C(C)(C)C)cc5)c5ccc6c(c5)c5ccccc5n6-c5ccccc5)c5c(c4-3)-c3ccccc3C5(C)C)C3CC4CC(C3)CC2C4)c2ccc3c(c2)c2ccccc2n3-c2ccccc2)cc1. The molecule has 0 radical (unpaired) electrons. The Labute approximate surface area is 536 Å². The third-order valence-corrected chi connectivity index (χ3v) is 22.7. The third kappa shape index (κ3) is 7.93. The van der Waals surface area contributed by atoms with Crippen molar-refractivity contribution in [1.82, 2.24) is 9.13 Å². The lowest BCUT2D eigenvalue weighted by Crippen LogP contribution is -2.55. The minimum Gasteiger partial charge on any atom is -0.310 e. The molecule has 6 aliphatic rings. The molecule has 4 nitrogen and oxygen atoms in total. The van der Waals surface area contributed by atoms with Gasteiger partial charge in [0, 0.05) is 72.2 Å². The van der Waals surface area contributed by atoms with E-state index in [2.05, 4.69) is 317 Å². The molecule has 91 heavy (non-hydrogen) atoms. The van der Waals surface area contributed by atoms with Crippen LogP contribution in [0.15, 0.2) is 243 Å². The first-order valence-corrected chi connectivity index (χ1v) is 33.6. The molecule has 4 fully saturated rings. The average Bonchev–Trinajstić information content (AvgIpc) is 1.52. The lowest BCUT2D eigenvalue weighted by atomic mass is 9.43. The zero-order chi connectivity index (χ0) is 61.4. The molecule has 11 aromatic carbocycles. The quantitative estimate of drug-likeness (QED) is 0.151. The Hall–Kier alpha value is -9.38. The van der Waals surface area contributed by atoms with E-state index in [9.17, 15) is 0 Å². The largest absolute Gasteiger partial charge is 0.310 e. The van der Waals surface area contributed by atoms with Crippen LogP contribution < -0.4 is 9.80 Å². The fraction of sp³-hybridized carbons (Fsp3) is 0.241. The zero-order valence-electron chi connectivity index (χ0n) is 53.7. The Bertz CT molecular complexity index is 5070. The van der Waals surface area contributed by atoms with Crippen LogP contribution in [0.5, 0.6) is 0 Å². The van der Waals surface area contributed by atoms with E-state index < -0.39 is 0 Å². The number of benzene rings is 11. The monoisotopic (exact) mass is 1180 g/mol. The van der Waals surface area contributed by atoms with Crippen LogP contribution in [0.1, 0.15) is 121 Å². The van der Waals surface area contributed by atoms with Gasteiger partial charge in [-0.1, -0.05) is 183 Å². The van der Waals surface area contributed by atoms with Gasteiger partial charge in [0.2, 0.25) is 0 Å². The molecule has 0 amide bonds. The van der Waals surface area contributed by atoms with E-state index in [0.29, 0.717) is 11.8 Å². The molecule has 0 N–H and O–H groups in total. The van der Waals surface area contributed by atoms with Gasteiger partial charge in [-0.15, -0.1) is 0 Å². The van der Waals surface area contributed by atoms with Gasteiger partial charge >= 0.3 is 0 Å². The first-order valence-electron chi connectivity index (χ1n) is 33.6. The Morgan fingerprint density at radius 3 is 1.32 bits per heavy atom. The molecule has 2 aromatic heterocycles. The number of para-hydroxylation sites is 4. The topological polar surface area (TPSA) is 16.3 Å². The number of hydrogen-bond acceptors (Lipinski definition) is 2. The summed E-state index contributed by atoms with van der Waals surface area (Å²) in [5, 5.41) is 5.02. The molecule has 4 heteroatoms. The third-order valence-electron chi connectivity index (χ3n) is 22.7. The van der Waals surface area contributed by atoms with Crippen LogP contribution in [0.2, 0.25) is 0 Å². The predicted octanol–water partition coefficient (Wildman–Crippen LogP) is 23.4. The van der Waals surface area contributed by atoms with Gasteiger partial charge in [-0.25, -0.2) is 0 Å². The molecule has 6 aliphatic carbocycles. The standard InChI is InChI=1S/C87H78N4/c1-84(2,3)56-31-35-62(36-32-56)88(64-40-43-78-71(50-64)67-25-16-19-29-76(67)90(78)60-21-11-9-12-22-60)66-39-42-70-74(52-66)87(58-46-54-45-55(48-58)49-59(87)47-54)75-53-80(83-82(81(70)75)69-27-15-18-28-73(69)86(83,7)8)89(63-37-33-57(34-38-63)85(4,5)6)65-41-44-79-72(51-65)68-26-17-20-30-77(68)91(79)61-23-13-10-14-24-61/h9-44,50-55,58-59H,45-49H2,1-8H3.